The molecule has 1 N–H and O–H groups in total. The Bertz CT molecular complexity index is 500. The highest BCUT2D eigenvalue weighted by Gasteiger charge is 2.26. The van der Waals surface area contributed by atoms with Gasteiger partial charge in [0.05, 0.1) is 0 Å². The van der Waals surface area contributed by atoms with Crippen molar-refractivity contribution in [2.45, 2.75) is 19.4 Å². The monoisotopic (exact) mass is 317 g/mol. The van der Waals surface area contributed by atoms with Crippen molar-refractivity contribution < 1.29 is 9.90 Å². The fourth-order valence-corrected chi connectivity index (χ4v) is 3.72. The Labute approximate surface area is 138 Å². The number of rotatable bonds is 4. The second-order valence-electron chi connectivity index (χ2n) is 6.80. The molecule has 0 spiro atoms. The number of amides is 1. The standard InChI is InChI=1S/C18H27N3O2/c22-18(23)21-8-4-7-17(15-21)14-20-11-9-19(10-12-20)13-16-5-2-1-3-6-16/h1-3,5-6,17H,4,7-15H2,(H,22,23). The summed E-state index contributed by atoms with van der Waals surface area (Å²) in [5, 5.41) is 9.14. The minimum Gasteiger partial charge on any atom is -0.465 e. The Morgan fingerprint density at radius 2 is 1.74 bits per heavy atom. The van der Waals surface area contributed by atoms with E-state index in [4.69, 9.17) is 5.11 Å². The van der Waals surface area contributed by atoms with Crippen molar-refractivity contribution >= 4 is 6.09 Å². The lowest BCUT2D eigenvalue weighted by Gasteiger charge is -2.38. The molecule has 2 saturated heterocycles. The average molecular weight is 317 g/mol. The summed E-state index contributed by atoms with van der Waals surface area (Å²) in [7, 11) is 0. The summed E-state index contributed by atoms with van der Waals surface area (Å²) in [5.41, 5.74) is 1.38. The highest BCUT2D eigenvalue weighted by molar-refractivity contribution is 5.65. The largest absolute Gasteiger partial charge is 0.465 e. The lowest BCUT2D eigenvalue weighted by molar-refractivity contribution is 0.0820. The van der Waals surface area contributed by atoms with Crippen LogP contribution in [0.5, 0.6) is 0 Å². The van der Waals surface area contributed by atoms with Crippen molar-refractivity contribution in [3.8, 4) is 0 Å². The minimum absolute atomic E-state index is 0.500. The third-order valence-corrected chi connectivity index (χ3v) is 5.02. The van der Waals surface area contributed by atoms with Crippen molar-refractivity contribution in [2.75, 3.05) is 45.8 Å². The summed E-state index contributed by atoms with van der Waals surface area (Å²) in [6, 6.07) is 10.6. The number of nitrogens with zero attached hydrogens (tertiary/aromatic N) is 3. The molecule has 2 fully saturated rings. The first-order chi connectivity index (χ1) is 11.2. The fraction of sp³-hybridized carbons (Fsp3) is 0.611. The lowest BCUT2D eigenvalue weighted by atomic mass is 9.97. The van der Waals surface area contributed by atoms with E-state index < -0.39 is 6.09 Å². The number of hydrogen-bond acceptors (Lipinski definition) is 3. The maximum atomic E-state index is 11.1. The van der Waals surface area contributed by atoms with Crippen molar-refractivity contribution in [1.82, 2.24) is 14.7 Å². The van der Waals surface area contributed by atoms with Gasteiger partial charge in [0.1, 0.15) is 0 Å². The number of carboxylic acid groups (broad SMARTS) is 1. The van der Waals surface area contributed by atoms with Gasteiger partial charge in [-0.3, -0.25) is 4.90 Å². The van der Waals surface area contributed by atoms with Gasteiger partial charge in [0.15, 0.2) is 0 Å². The van der Waals surface area contributed by atoms with E-state index in [9.17, 15) is 4.79 Å². The minimum atomic E-state index is -0.762. The van der Waals surface area contributed by atoms with Crippen LogP contribution in [0.4, 0.5) is 4.79 Å². The molecule has 5 heteroatoms. The molecule has 0 aromatic heterocycles. The predicted molar refractivity (Wildman–Crippen MR) is 90.5 cm³/mol. The van der Waals surface area contributed by atoms with Gasteiger partial charge in [-0.1, -0.05) is 30.3 Å². The van der Waals surface area contributed by atoms with Crippen LogP contribution in [-0.4, -0.2) is 71.7 Å². The molecule has 0 aliphatic carbocycles. The molecular formula is C18H27N3O2. The number of likely N-dealkylation sites (tertiary alicyclic amines) is 1. The van der Waals surface area contributed by atoms with Crippen LogP contribution in [0, 0.1) is 5.92 Å². The van der Waals surface area contributed by atoms with E-state index in [1.165, 1.54) is 5.56 Å². The Balaban J connectivity index is 1.41. The first-order valence-electron chi connectivity index (χ1n) is 8.67. The van der Waals surface area contributed by atoms with Gasteiger partial charge < -0.3 is 14.9 Å². The van der Waals surface area contributed by atoms with Gasteiger partial charge in [0, 0.05) is 52.4 Å². The molecule has 2 aliphatic rings. The lowest BCUT2D eigenvalue weighted by Crippen LogP contribution is -2.49. The second-order valence-corrected chi connectivity index (χ2v) is 6.80. The summed E-state index contributed by atoms with van der Waals surface area (Å²) < 4.78 is 0. The van der Waals surface area contributed by atoms with Crippen LogP contribution in [0.3, 0.4) is 0 Å². The molecule has 3 rings (SSSR count). The first-order valence-corrected chi connectivity index (χ1v) is 8.67. The second kappa shape index (κ2) is 7.79. The molecule has 5 nitrogen and oxygen atoms in total. The summed E-state index contributed by atoms with van der Waals surface area (Å²) in [6.45, 7) is 7.88. The molecular weight excluding hydrogens is 290 g/mol. The van der Waals surface area contributed by atoms with Crippen LogP contribution in [0.15, 0.2) is 30.3 Å². The molecule has 1 aromatic carbocycles. The Hall–Kier alpha value is -1.59. The molecule has 1 atom stereocenters. The highest BCUT2D eigenvalue weighted by atomic mass is 16.4. The third-order valence-electron chi connectivity index (χ3n) is 5.02. The molecule has 1 amide bonds. The van der Waals surface area contributed by atoms with Gasteiger partial charge in [-0.05, 0) is 24.3 Å². The summed E-state index contributed by atoms with van der Waals surface area (Å²) in [6.07, 6.45) is 1.40. The zero-order valence-corrected chi connectivity index (χ0v) is 13.7. The smallest absolute Gasteiger partial charge is 0.407 e. The predicted octanol–water partition coefficient (Wildman–Crippen LogP) is 2.19. The third kappa shape index (κ3) is 4.69. The van der Waals surface area contributed by atoms with Gasteiger partial charge >= 0.3 is 6.09 Å². The van der Waals surface area contributed by atoms with Crippen LogP contribution in [-0.2, 0) is 6.54 Å². The maximum absolute atomic E-state index is 11.1. The van der Waals surface area contributed by atoms with Crippen LogP contribution in [0.2, 0.25) is 0 Å². The van der Waals surface area contributed by atoms with E-state index in [1.54, 1.807) is 4.90 Å². The zero-order chi connectivity index (χ0) is 16.1. The average Bonchev–Trinajstić information content (AvgIpc) is 2.58. The molecule has 2 aliphatic heterocycles. The van der Waals surface area contributed by atoms with Crippen LogP contribution in [0.25, 0.3) is 0 Å². The van der Waals surface area contributed by atoms with E-state index >= 15 is 0 Å². The van der Waals surface area contributed by atoms with Crippen LogP contribution >= 0.6 is 0 Å². The van der Waals surface area contributed by atoms with E-state index in [-0.39, 0.29) is 0 Å². The van der Waals surface area contributed by atoms with Crippen molar-refractivity contribution in [3.05, 3.63) is 35.9 Å². The van der Waals surface area contributed by atoms with E-state index in [0.717, 1.165) is 52.1 Å². The Morgan fingerprint density at radius 1 is 1.04 bits per heavy atom. The maximum Gasteiger partial charge on any atom is 0.407 e. The number of benzene rings is 1. The number of hydrogen-bond donors (Lipinski definition) is 1. The zero-order valence-electron chi connectivity index (χ0n) is 13.7. The molecule has 1 unspecified atom stereocenters. The Kier molecular flexibility index (Phi) is 5.51. The van der Waals surface area contributed by atoms with Gasteiger partial charge in [-0.2, -0.15) is 0 Å². The van der Waals surface area contributed by atoms with Crippen molar-refractivity contribution in [1.29, 1.82) is 0 Å². The first kappa shape index (κ1) is 16.3. The van der Waals surface area contributed by atoms with Crippen molar-refractivity contribution in [2.24, 2.45) is 5.92 Å². The van der Waals surface area contributed by atoms with Gasteiger partial charge in [-0.15, -0.1) is 0 Å². The topological polar surface area (TPSA) is 47.0 Å². The summed E-state index contributed by atoms with van der Waals surface area (Å²) in [4.78, 5) is 17.7. The summed E-state index contributed by atoms with van der Waals surface area (Å²) in [5.74, 6) is 0.500. The van der Waals surface area contributed by atoms with Gasteiger partial charge in [0.25, 0.3) is 0 Å². The quantitative estimate of drug-likeness (QED) is 0.925. The molecule has 126 valence electrons. The van der Waals surface area contributed by atoms with E-state index in [0.29, 0.717) is 19.0 Å². The normalized spacial score (nSPS) is 23.8. The molecule has 0 bridgehead atoms. The molecule has 0 radical (unpaired) electrons. The molecule has 23 heavy (non-hydrogen) atoms. The molecule has 0 saturated carbocycles. The molecule has 1 aromatic rings. The highest BCUT2D eigenvalue weighted by Crippen LogP contribution is 2.19. The summed E-state index contributed by atoms with van der Waals surface area (Å²) >= 11 is 0. The number of carbonyl (C=O) groups is 1. The Morgan fingerprint density at radius 3 is 2.43 bits per heavy atom. The van der Waals surface area contributed by atoms with E-state index in [1.807, 2.05) is 0 Å². The van der Waals surface area contributed by atoms with Crippen LogP contribution < -0.4 is 0 Å². The van der Waals surface area contributed by atoms with Crippen LogP contribution in [0.1, 0.15) is 18.4 Å². The SMILES string of the molecule is O=C(O)N1CCCC(CN2CCN(Cc3ccccc3)CC2)C1. The number of piperazine rings is 1. The van der Waals surface area contributed by atoms with Crippen molar-refractivity contribution in [3.63, 3.8) is 0 Å². The fourth-order valence-electron chi connectivity index (χ4n) is 3.72. The molecule has 2 heterocycles. The van der Waals surface area contributed by atoms with Gasteiger partial charge in [0.2, 0.25) is 0 Å². The van der Waals surface area contributed by atoms with Gasteiger partial charge in [-0.25, -0.2) is 4.79 Å². The van der Waals surface area contributed by atoms with E-state index in [2.05, 4.69) is 40.1 Å². The number of piperidine rings is 1.